The maximum atomic E-state index is 6.71. The van der Waals surface area contributed by atoms with E-state index in [-0.39, 0.29) is 5.41 Å². The van der Waals surface area contributed by atoms with Crippen LogP contribution in [0.25, 0.3) is 54.6 Å². The van der Waals surface area contributed by atoms with Crippen molar-refractivity contribution in [1.82, 2.24) is 0 Å². The van der Waals surface area contributed by atoms with Crippen molar-refractivity contribution in [3.63, 3.8) is 0 Å². The highest BCUT2D eigenvalue weighted by Gasteiger charge is 2.40. The van der Waals surface area contributed by atoms with E-state index in [2.05, 4.69) is 195 Å². The molecule has 256 valence electrons. The second kappa shape index (κ2) is 11.9. The fourth-order valence-electron chi connectivity index (χ4n) is 8.85. The molecule has 0 radical (unpaired) electrons. The van der Waals surface area contributed by atoms with Crippen molar-refractivity contribution in [2.24, 2.45) is 0 Å². The minimum absolute atomic E-state index is 0.220. The molecule has 0 saturated carbocycles. The summed E-state index contributed by atoms with van der Waals surface area (Å²) < 4.78 is 6.71. The van der Waals surface area contributed by atoms with Gasteiger partial charge in [0.05, 0.1) is 9.79 Å². The molecule has 9 aromatic rings. The lowest BCUT2D eigenvalue weighted by atomic mass is 9.82. The summed E-state index contributed by atoms with van der Waals surface area (Å²) in [6, 6.07) is 64.2. The molecule has 1 aliphatic carbocycles. The van der Waals surface area contributed by atoms with Crippen molar-refractivity contribution in [1.29, 1.82) is 0 Å². The van der Waals surface area contributed by atoms with Crippen molar-refractivity contribution in [2.45, 2.75) is 29.1 Å². The van der Waals surface area contributed by atoms with Crippen LogP contribution in [-0.2, 0) is 5.41 Å². The van der Waals surface area contributed by atoms with Crippen LogP contribution in [-0.4, -0.2) is 0 Å². The van der Waals surface area contributed by atoms with E-state index in [0.717, 1.165) is 38.4 Å². The van der Waals surface area contributed by atoms with Gasteiger partial charge < -0.3 is 9.64 Å². The van der Waals surface area contributed by atoms with Crippen LogP contribution in [0.4, 0.5) is 17.1 Å². The van der Waals surface area contributed by atoms with Crippen LogP contribution < -0.4 is 9.64 Å². The first-order valence-corrected chi connectivity index (χ1v) is 19.4. The Morgan fingerprint density at radius 1 is 0.444 bits per heavy atom. The maximum Gasteiger partial charge on any atom is 0.149 e. The number of rotatable bonds is 4. The number of fused-ring (bicyclic) bond motifs is 12. The van der Waals surface area contributed by atoms with E-state index in [1.807, 2.05) is 0 Å². The first kappa shape index (κ1) is 31.3. The predicted molar refractivity (Wildman–Crippen MR) is 227 cm³/mol. The predicted octanol–water partition coefficient (Wildman–Crippen LogP) is 14.8. The standard InChI is InChI=1S/C51H35NOS/c1-51(2)44-28-29-48-50(53-46-18-10-11-19-47(46)54-48)49(44)42-27-25-36(31-45(42)51)52(34-22-20-33(21-23-34)32-12-4-3-5-13-32)35-24-26-41-39-16-7-6-14-37(39)38-15-8-9-17-40(38)43(41)30-35/h3-31H,1-2H3. The van der Waals surface area contributed by atoms with Crippen LogP contribution in [0.2, 0.25) is 0 Å². The van der Waals surface area contributed by atoms with E-state index in [9.17, 15) is 0 Å². The number of ether oxygens (including phenoxy) is 1. The summed E-state index contributed by atoms with van der Waals surface area (Å²) in [6.07, 6.45) is 0. The highest BCUT2D eigenvalue weighted by molar-refractivity contribution is 7.99. The lowest BCUT2D eigenvalue weighted by Gasteiger charge is -2.28. The summed E-state index contributed by atoms with van der Waals surface area (Å²) in [7, 11) is 0. The Kier molecular flexibility index (Phi) is 6.87. The fraction of sp³-hybridized carbons (Fsp3) is 0.0588. The third kappa shape index (κ3) is 4.68. The number of benzene rings is 9. The second-order valence-corrected chi connectivity index (χ2v) is 16.0. The number of hydrogen-bond acceptors (Lipinski definition) is 3. The number of nitrogens with zero attached hydrogens (tertiary/aromatic N) is 1. The molecule has 1 heterocycles. The van der Waals surface area contributed by atoms with Crippen LogP contribution in [0.1, 0.15) is 25.0 Å². The van der Waals surface area contributed by atoms with Crippen LogP contribution in [0, 0.1) is 0 Å². The molecule has 9 aromatic carbocycles. The van der Waals surface area contributed by atoms with Gasteiger partial charge in [-0.05, 0) is 115 Å². The molecule has 0 amide bonds. The molecule has 2 nitrogen and oxygen atoms in total. The Labute approximate surface area is 319 Å². The zero-order valence-corrected chi connectivity index (χ0v) is 30.8. The first-order valence-electron chi connectivity index (χ1n) is 18.6. The lowest BCUT2D eigenvalue weighted by molar-refractivity contribution is 0.455. The number of para-hydroxylation sites is 1. The molecular formula is C51H35NOS. The summed E-state index contributed by atoms with van der Waals surface area (Å²) in [6.45, 7) is 4.70. The van der Waals surface area contributed by atoms with Gasteiger partial charge in [-0.3, -0.25) is 0 Å². The molecule has 0 atom stereocenters. The molecule has 0 spiro atoms. The van der Waals surface area contributed by atoms with Crippen molar-refractivity contribution in [3.05, 3.63) is 187 Å². The molecule has 3 heteroatoms. The summed E-state index contributed by atoms with van der Waals surface area (Å²) in [4.78, 5) is 4.74. The Morgan fingerprint density at radius 3 is 1.76 bits per heavy atom. The topological polar surface area (TPSA) is 12.5 Å². The highest BCUT2D eigenvalue weighted by Crippen LogP contribution is 2.59. The molecule has 0 saturated heterocycles. The quantitative estimate of drug-likeness (QED) is 0.169. The minimum atomic E-state index is -0.220. The van der Waals surface area contributed by atoms with E-state index < -0.39 is 0 Å². The largest absolute Gasteiger partial charge is 0.454 e. The van der Waals surface area contributed by atoms with Crippen LogP contribution in [0.15, 0.2) is 186 Å². The number of anilines is 3. The first-order chi connectivity index (χ1) is 26.5. The molecule has 0 fully saturated rings. The molecule has 1 aliphatic heterocycles. The van der Waals surface area contributed by atoms with E-state index in [1.165, 1.54) is 65.7 Å². The molecule has 0 unspecified atom stereocenters. The third-order valence-corrected chi connectivity index (χ3v) is 12.6. The number of hydrogen-bond donors (Lipinski definition) is 0. The molecule has 54 heavy (non-hydrogen) atoms. The van der Waals surface area contributed by atoms with Gasteiger partial charge in [0.15, 0.2) is 0 Å². The molecule has 11 rings (SSSR count). The monoisotopic (exact) mass is 709 g/mol. The van der Waals surface area contributed by atoms with E-state index in [0.29, 0.717) is 0 Å². The second-order valence-electron chi connectivity index (χ2n) is 14.9. The summed E-state index contributed by atoms with van der Waals surface area (Å²) >= 11 is 1.79. The third-order valence-electron chi connectivity index (χ3n) is 11.5. The summed E-state index contributed by atoms with van der Waals surface area (Å²) in [5.74, 6) is 1.89. The molecule has 0 bridgehead atoms. The van der Waals surface area contributed by atoms with Gasteiger partial charge in [0.25, 0.3) is 0 Å². The average Bonchev–Trinajstić information content (AvgIpc) is 3.46. The minimum Gasteiger partial charge on any atom is -0.454 e. The smallest absolute Gasteiger partial charge is 0.149 e. The van der Waals surface area contributed by atoms with Gasteiger partial charge in [0.2, 0.25) is 0 Å². The average molecular weight is 710 g/mol. The fourth-order valence-corrected chi connectivity index (χ4v) is 9.81. The Hall–Kier alpha value is -6.29. The van der Waals surface area contributed by atoms with Gasteiger partial charge in [0, 0.05) is 28.0 Å². The molecule has 0 N–H and O–H groups in total. The normalized spacial score (nSPS) is 13.6. The molecular weight excluding hydrogens is 675 g/mol. The van der Waals surface area contributed by atoms with Crippen LogP contribution >= 0.6 is 11.8 Å². The summed E-state index contributed by atoms with van der Waals surface area (Å²) in [5.41, 5.74) is 10.6. The van der Waals surface area contributed by atoms with Gasteiger partial charge >= 0.3 is 0 Å². The Balaban J connectivity index is 1.11. The van der Waals surface area contributed by atoms with Gasteiger partial charge in [-0.2, -0.15) is 0 Å². The zero-order chi connectivity index (χ0) is 36.0. The Bertz CT molecular complexity index is 2930. The summed E-state index contributed by atoms with van der Waals surface area (Å²) in [5, 5.41) is 7.63. The van der Waals surface area contributed by atoms with Crippen molar-refractivity contribution >= 4 is 61.1 Å². The van der Waals surface area contributed by atoms with E-state index in [1.54, 1.807) is 11.8 Å². The van der Waals surface area contributed by atoms with Crippen LogP contribution in [0.3, 0.4) is 0 Å². The van der Waals surface area contributed by atoms with E-state index in [4.69, 9.17) is 4.74 Å². The van der Waals surface area contributed by atoms with Crippen molar-refractivity contribution in [3.8, 4) is 33.8 Å². The maximum absolute atomic E-state index is 6.71. The van der Waals surface area contributed by atoms with Gasteiger partial charge in [-0.25, -0.2) is 0 Å². The van der Waals surface area contributed by atoms with Gasteiger partial charge in [-0.1, -0.05) is 147 Å². The molecule has 2 aliphatic rings. The van der Waals surface area contributed by atoms with E-state index >= 15 is 0 Å². The lowest BCUT2D eigenvalue weighted by Crippen LogP contribution is -2.16. The highest BCUT2D eigenvalue weighted by atomic mass is 32.2. The van der Waals surface area contributed by atoms with Crippen molar-refractivity contribution in [2.75, 3.05) is 4.90 Å². The molecule has 0 aromatic heterocycles. The Morgan fingerprint density at radius 2 is 1.02 bits per heavy atom. The van der Waals surface area contributed by atoms with Gasteiger partial charge in [0.1, 0.15) is 11.5 Å². The SMILES string of the molecule is CC1(C)c2cc(N(c3ccc(-c4ccccc4)cc3)c3ccc4c5ccccc5c5ccccc5c4c3)ccc2-c2c1ccc1c2Oc2ccccc2S1. The zero-order valence-electron chi connectivity index (χ0n) is 30.0. The van der Waals surface area contributed by atoms with Crippen LogP contribution in [0.5, 0.6) is 11.5 Å². The van der Waals surface area contributed by atoms with Crippen molar-refractivity contribution < 1.29 is 4.74 Å². The van der Waals surface area contributed by atoms with Gasteiger partial charge in [-0.15, -0.1) is 0 Å².